The zero-order chi connectivity index (χ0) is 21.3. The fraction of sp³-hybridized carbons (Fsp3) is 0.435. The zero-order valence-electron chi connectivity index (χ0n) is 17.9. The second-order valence-electron chi connectivity index (χ2n) is 8.38. The lowest BCUT2D eigenvalue weighted by Gasteiger charge is -2.21. The summed E-state index contributed by atoms with van der Waals surface area (Å²) in [5.74, 6) is -0.663. The molecule has 1 aromatic carbocycles. The molecule has 1 atom stereocenters. The number of aryl methyl sites for hydroxylation is 1. The maximum absolute atomic E-state index is 12.7. The third-order valence-corrected chi connectivity index (χ3v) is 5.38. The van der Waals surface area contributed by atoms with E-state index >= 15 is 0 Å². The number of ether oxygens (including phenoxy) is 1. The molecule has 29 heavy (non-hydrogen) atoms. The lowest BCUT2D eigenvalue weighted by atomic mass is 9.89. The number of carbonyl (C=O) groups excluding carboxylic acids is 1. The molecule has 0 spiro atoms. The van der Waals surface area contributed by atoms with E-state index in [-0.39, 0.29) is 11.4 Å². The molecule has 0 aliphatic carbocycles. The van der Waals surface area contributed by atoms with Crippen molar-refractivity contribution in [3.8, 4) is 11.3 Å². The smallest absolute Gasteiger partial charge is 0.313 e. The maximum atomic E-state index is 12.7. The van der Waals surface area contributed by atoms with Gasteiger partial charge in [-0.05, 0) is 25.5 Å². The number of carbonyl (C=O) groups is 1. The molecule has 0 saturated heterocycles. The lowest BCUT2D eigenvalue weighted by Crippen LogP contribution is -2.19. The molecular weight excluding hydrogens is 386 g/mol. The highest BCUT2D eigenvalue weighted by molar-refractivity contribution is 6.30. The monoisotopic (exact) mass is 413 g/mol. The minimum Gasteiger partial charge on any atom is -0.469 e. The summed E-state index contributed by atoms with van der Waals surface area (Å²) in [7, 11) is 1.43. The Morgan fingerprint density at radius 3 is 2.45 bits per heavy atom. The Bertz CT molecular complexity index is 1030. The molecule has 3 rings (SSSR count). The normalized spacial score (nSPS) is 12.9. The number of nitrogens with zero attached hydrogens (tertiary/aromatic N) is 3. The first-order valence-corrected chi connectivity index (χ1v) is 10.3. The summed E-state index contributed by atoms with van der Waals surface area (Å²) in [6.07, 6.45) is 1.53. The van der Waals surface area contributed by atoms with Crippen LogP contribution < -0.4 is 0 Å². The zero-order valence-corrected chi connectivity index (χ0v) is 18.7. The Hall–Kier alpha value is -2.40. The fourth-order valence-corrected chi connectivity index (χ4v) is 3.74. The molecule has 0 amide bonds. The van der Waals surface area contributed by atoms with Gasteiger partial charge in [-0.1, -0.05) is 57.8 Å². The summed E-state index contributed by atoms with van der Waals surface area (Å²) in [5.41, 5.74) is 5.06. The topological polar surface area (TPSA) is 56.5 Å². The third kappa shape index (κ3) is 4.15. The number of halogens is 1. The summed E-state index contributed by atoms with van der Waals surface area (Å²) >= 11 is 6.13. The molecule has 6 heteroatoms. The van der Waals surface area contributed by atoms with Gasteiger partial charge >= 0.3 is 5.97 Å². The largest absolute Gasteiger partial charge is 0.469 e. The van der Waals surface area contributed by atoms with Crippen molar-refractivity contribution in [2.24, 2.45) is 0 Å². The highest BCUT2D eigenvalue weighted by Gasteiger charge is 2.30. The Morgan fingerprint density at radius 1 is 1.24 bits per heavy atom. The number of esters is 1. The van der Waals surface area contributed by atoms with Gasteiger partial charge in [0.25, 0.3) is 0 Å². The molecule has 0 bridgehead atoms. The predicted molar refractivity (Wildman–Crippen MR) is 117 cm³/mol. The van der Waals surface area contributed by atoms with Crippen LogP contribution in [-0.2, 0) is 14.9 Å². The summed E-state index contributed by atoms with van der Waals surface area (Å²) in [5, 5.41) is 5.54. The van der Waals surface area contributed by atoms with Crippen molar-refractivity contribution in [1.29, 1.82) is 0 Å². The van der Waals surface area contributed by atoms with Crippen molar-refractivity contribution in [2.45, 2.75) is 58.8 Å². The molecule has 154 valence electrons. The summed E-state index contributed by atoms with van der Waals surface area (Å²) in [6, 6.07) is 9.63. The summed E-state index contributed by atoms with van der Waals surface area (Å²) < 4.78 is 7.00. The van der Waals surface area contributed by atoms with E-state index in [0.717, 1.165) is 40.3 Å². The lowest BCUT2D eigenvalue weighted by molar-refractivity contribution is -0.142. The van der Waals surface area contributed by atoms with Crippen LogP contribution in [0.25, 0.3) is 16.9 Å². The molecule has 3 aromatic rings. The molecule has 2 aromatic heterocycles. The molecule has 0 radical (unpaired) electrons. The molecule has 1 unspecified atom stereocenters. The number of methoxy groups -OCH3 is 1. The van der Waals surface area contributed by atoms with Crippen molar-refractivity contribution in [3.63, 3.8) is 0 Å². The first-order valence-electron chi connectivity index (χ1n) is 9.91. The number of benzene rings is 1. The minimum atomic E-state index is -0.408. The van der Waals surface area contributed by atoms with Gasteiger partial charge in [-0.3, -0.25) is 4.79 Å². The van der Waals surface area contributed by atoms with E-state index in [0.29, 0.717) is 11.4 Å². The van der Waals surface area contributed by atoms with Crippen LogP contribution in [0.2, 0.25) is 5.02 Å². The Kier molecular flexibility index (Phi) is 5.99. The number of rotatable bonds is 5. The van der Waals surface area contributed by atoms with Gasteiger partial charge in [0.05, 0.1) is 24.4 Å². The van der Waals surface area contributed by atoms with Gasteiger partial charge < -0.3 is 4.74 Å². The molecule has 0 aliphatic heterocycles. The summed E-state index contributed by atoms with van der Waals surface area (Å²) in [4.78, 5) is 17.5. The van der Waals surface area contributed by atoms with E-state index in [1.165, 1.54) is 7.11 Å². The van der Waals surface area contributed by atoms with Crippen LogP contribution in [0, 0.1) is 6.92 Å². The van der Waals surface area contributed by atoms with Crippen molar-refractivity contribution in [2.75, 3.05) is 7.11 Å². The Balaban J connectivity index is 2.40. The van der Waals surface area contributed by atoms with E-state index in [1.807, 2.05) is 41.8 Å². The van der Waals surface area contributed by atoms with Crippen LogP contribution in [0.5, 0.6) is 0 Å². The van der Waals surface area contributed by atoms with Crippen LogP contribution in [0.1, 0.15) is 63.4 Å². The number of fused-ring (bicyclic) bond motifs is 1. The second kappa shape index (κ2) is 8.15. The number of hydrogen-bond donors (Lipinski definition) is 0. The van der Waals surface area contributed by atoms with Gasteiger partial charge in [-0.15, -0.1) is 0 Å². The average Bonchev–Trinajstić information content (AvgIpc) is 3.09. The van der Waals surface area contributed by atoms with Crippen LogP contribution in [0.4, 0.5) is 0 Å². The van der Waals surface area contributed by atoms with Crippen LogP contribution in [-0.4, -0.2) is 27.7 Å². The molecular formula is C23H28ClN3O2. The van der Waals surface area contributed by atoms with Gasteiger partial charge in [-0.25, -0.2) is 9.50 Å². The molecule has 0 saturated carbocycles. The van der Waals surface area contributed by atoms with E-state index in [2.05, 4.69) is 27.7 Å². The van der Waals surface area contributed by atoms with Crippen molar-refractivity contribution >= 4 is 23.2 Å². The molecule has 0 aliphatic rings. The van der Waals surface area contributed by atoms with Gasteiger partial charge in [0.1, 0.15) is 0 Å². The standard InChI is InChI=1S/C23H28ClN3O2/c1-7-8-17(22(28)29-6)20-14(2)25-19-13-18(23(3,4)5)26-27(19)21(20)15-9-11-16(24)12-10-15/h9-13,17H,7-8H2,1-6H3. The van der Waals surface area contributed by atoms with Gasteiger partial charge in [0, 0.05) is 33.3 Å². The van der Waals surface area contributed by atoms with E-state index < -0.39 is 5.92 Å². The van der Waals surface area contributed by atoms with E-state index in [9.17, 15) is 4.79 Å². The highest BCUT2D eigenvalue weighted by atomic mass is 35.5. The molecule has 0 fully saturated rings. The van der Waals surface area contributed by atoms with Crippen molar-refractivity contribution in [3.05, 3.63) is 52.3 Å². The van der Waals surface area contributed by atoms with E-state index in [1.54, 1.807) is 0 Å². The van der Waals surface area contributed by atoms with Crippen LogP contribution in [0.15, 0.2) is 30.3 Å². The maximum Gasteiger partial charge on any atom is 0.313 e. The quantitative estimate of drug-likeness (QED) is 0.502. The highest BCUT2D eigenvalue weighted by Crippen LogP contribution is 2.36. The Morgan fingerprint density at radius 2 is 1.90 bits per heavy atom. The first kappa shape index (κ1) is 21.3. The number of hydrogen-bond acceptors (Lipinski definition) is 4. The minimum absolute atomic E-state index is 0.121. The number of aromatic nitrogens is 3. The van der Waals surface area contributed by atoms with Crippen LogP contribution in [0.3, 0.4) is 0 Å². The molecule has 5 nitrogen and oxygen atoms in total. The molecule has 0 N–H and O–H groups in total. The fourth-order valence-electron chi connectivity index (χ4n) is 3.61. The first-order chi connectivity index (χ1) is 13.7. The van der Waals surface area contributed by atoms with E-state index in [4.69, 9.17) is 26.4 Å². The Labute approximate surface area is 177 Å². The van der Waals surface area contributed by atoms with Crippen molar-refractivity contribution < 1.29 is 9.53 Å². The van der Waals surface area contributed by atoms with Crippen molar-refractivity contribution in [1.82, 2.24) is 14.6 Å². The summed E-state index contributed by atoms with van der Waals surface area (Å²) in [6.45, 7) is 10.4. The van der Waals surface area contributed by atoms with Gasteiger partial charge in [0.2, 0.25) is 0 Å². The third-order valence-electron chi connectivity index (χ3n) is 5.13. The second-order valence-corrected chi connectivity index (χ2v) is 8.82. The predicted octanol–water partition coefficient (Wildman–Crippen LogP) is 5.71. The van der Waals surface area contributed by atoms with Crippen LogP contribution >= 0.6 is 11.6 Å². The SMILES string of the molecule is CCCC(C(=O)OC)c1c(C)nc2cc(C(C)(C)C)nn2c1-c1ccc(Cl)cc1. The average molecular weight is 414 g/mol. The van der Waals surface area contributed by atoms with Gasteiger partial charge in [-0.2, -0.15) is 5.10 Å². The molecule has 2 heterocycles. The van der Waals surface area contributed by atoms with Gasteiger partial charge in [0.15, 0.2) is 5.65 Å².